The third-order valence-electron chi connectivity index (χ3n) is 3.49. The smallest absolute Gasteiger partial charge is 0.254 e. The van der Waals surface area contributed by atoms with Crippen LogP contribution in [0.4, 0.5) is 5.82 Å². The van der Waals surface area contributed by atoms with Gasteiger partial charge in [-0.15, -0.1) is 0 Å². The molecule has 2 aromatic heterocycles. The maximum Gasteiger partial charge on any atom is 0.254 e. The van der Waals surface area contributed by atoms with Gasteiger partial charge in [-0.05, 0) is 30.5 Å². The van der Waals surface area contributed by atoms with Crippen LogP contribution >= 0.6 is 0 Å². The first-order chi connectivity index (χ1) is 11.1. The van der Waals surface area contributed by atoms with Crippen LogP contribution in [0.5, 0.6) is 0 Å². The highest BCUT2D eigenvalue weighted by Gasteiger charge is 2.17. The van der Waals surface area contributed by atoms with Gasteiger partial charge in [-0.3, -0.25) is 19.9 Å². The second kappa shape index (κ2) is 6.56. The molecule has 0 saturated carbocycles. The molecule has 2 aromatic rings. The Hall–Kier alpha value is -2.76. The average Bonchev–Trinajstić information content (AvgIpc) is 3.17. The number of nitrogens with zero attached hydrogens (tertiary/aromatic N) is 3. The van der Waals surface area contributed by atoms with Gasteiger partial charge in [0.15, 0.2) is 5.82 Å². The van der Waals surface area contributed by atoms with Crippen LogP contribution < -0.4 is 5.32 Å². The number of nitrogens with one attached hydrogen (secondary N) is 2. The van der Waals surface area contributed by atoms with Gasteiger partial charge in [0.05, 0.1) is 12.2 Å². The molecular weight excluding hydrogens is 290 g/mol. The number of pyridine rings is 1. The highest BCUT2D eigenvalue weighted by Crippen LogP contribution is 2.19. The summed E-state index contributed by atoms with van der Waals surface area (Å²) in [5.74, 6) is 0.865. The van der Waals surface area contributed by atoms with Gasteiger partial charge in [-0.25, -0.2) is 0 Å². The van der Waals surface area contributed by atoms with Crippen molar-refractivity contribution >= 4 is 17.4 Å². The Bertz CT molecular complexity index is 758. The number of hydrogen-bond donors (Lipinski definition) is 2. The van der Waals surface area contributed by atoms with Gasteiger partial charge in [0.25, 0.3) is 5.91 Å². The maximum absolute atomic E-state index is 12.3. The second-order valence-corrected chi connectivity index (χ2v) is 5.94. The van der Waals surface area contributed by atoms with Crippen LogP contribution in [0.25, 0.3) is 11.3 Å². The summed E-state index contributed by atoms with van der Waals surface area (Å²) in [5.41, 5.74) is 3.39. The monoisotopic (exact) mass is 309 g/mol. The van der Waals surface area contributed by atoms with E-state index >= 15 is 0 Å². The molecule has 2 N–H and O–H groups in total. The fourth-order valence-corrected chi connectivity index (χ4v) is 2.41. The number of allylic oxidation sites excluding steroid dienone is 1. The summed E-state index contributed by atoms with van der Waals surface area (Å²) in [7, 11) is 0. The first kappa shape index (κ1) is 15.1. The number of anilines is 1. The van der Waals surface area contributed by atoms with Crippen molar-refractivity contribution in [1.82, 2.24) is 15.2 Å². The third-order valence-corrected chi connectivity index (χ3v) is 3.49. The van der Waals surface area contributed by atoms with Gasteiger partial charge >= 0.3 is 0 Å². The average molecular weight is 309 g/mol. The number of aromatic amines is 1. The van der Waals surface area contributed by atoms with Crippen molar-refractivity contribution in [3.63, 3.8) is 0 Å². The van der Waals surface area contributed by atoms with Crippen molar-refractivity contribution in [3.8, 4) is 11.3 Å². The van der Waals surface area contributed by atoms with Crippen molar-refractivity contribution in [2.75, 3.05) is 11.9 Å². The van der Waals surface area contributed by atoms with E-state index in [0.29, 0.717) is 23.9 Å². The molecule has 0 aromatic carbocycles. The van der Waals surface area contributed by atoms with Crippen molar-refractivity contribution in [2.45, 2.75) is 20.3 Å². The molecular formula is C17H19N5O. The molecule has 0 spiro atoms. The molecule has 118 valence electrons. The number of carbonyl (C=O) groups excluding carboxylic acids is 1. The van der Waals surface area contributed by atoms with E-state index in [9.17, 15) is 4.79 Å². The number of aliphatic imine (C=N–C) groups is 1. The number of carbonyl (C=O) groups is 1. The lowest BCUT2D eigenvalue weighted by molar-refractivity contribution is -0.112. The van der Waals surface area contributed by atoms with E-state index in [1.54, 1.807) is 18.5 Å². The number of aromatic nitrogens is 3. The number of hydrogen-bond acceptors (Lipinski definition) is 4. The molecule has 0 aliphatic carbocycles. The zero-order chi connectivity index (χ0) is 16.2. The molecule has 6 heteroatoms. The fraction of sp³-hybridized carbons (Fsp3) is 0.294. The highest BCUT2D eigenvalue weighted by atomic mass is 16.1. The second-order valence-electron chi connectivity index (χ2n) is 5.94. The van der Waals surface area contributed by atoms with Crippen molar-refractivity contribution in [3.05, 3.63) is 42.2 Å². The lowest BCUT2D eigenvalue weighted by Gasteiger charge is -2.01. The molecule has 1 aliphatic heterocycles. The number of H-pyrrole nitrogens is 1. The summed E-state index contributed by atoms with van der Waals surface area (Å²) >= 11 is 0. The Balaban J connectivity index is 1.65. The Morgan fingerprint density at radius 1 is 1.43 bits per heavy atom. The van der Waals surface area contributed by atoms with E-state index in [1.807, 2.05) is 18.2 Å². The van der Waals surface area contributed by atoms with E-state index in [2.05, 4.69) is 39.3 Å². The highest BCUT2D eigenvalue weighted by molar-refractivity contribution is 6.11. The molecule has 6 nitrogen and oxygen atoms in total. The molecule has 0 fully saturated rings. The van der Waals surface area contributed by atoms with Crippen molar-refractivity contribution < 1.29 is 4.79 Å². The zero-order valence-corrected chi connectivity index (χ0v) is 13.2. The van der Waals surface area contributed by atoms with Gasteiger partial charge in [0, 0.05) is 35.3 Å². The van der Waals surface area contributed by atoms with Gasteiger partial charge in [-0.1, -0.05) is 13.8 Å². The van der Waals surface area contributed by atoms with E-state index in [-0.39, 0.29) is 5.91 Å². The first-order valence-electron chi connectivity index (χ1n) is 7.63. The predicted octanol–water partition coefficient (Wildman–Crippen LogP) is 2.84. The fourth-order valence-electron chi connectivity index (χ4n) is 2.41. The first-order valence-corrected chi connectivity index (χ1v) is 7.63. The molecule has 0 saturated heterocycles. The largest absolute Gasteiger partial charge is 0.305 e. The zero-order valence-electron chi connectivity index (χ0n) is 13.2. The van der Waals surface area contributed by atoms with E-state index in [1.165, 1.54) is 0 Å². The topological polar surface area (TPSA) is 83.0 Å². The summed E-state index contributed by atoms with van der Waals surface area (Å²) in [6, 6.07) is 5.57. The molecule has 0 atom stereocenters. The summed E-state index contributed by atoms with van der Waals surface area (Å²) in [5, 5.41) is 9.83. The molecule has 0 unspecified atom stereocenters. The summed E-state index contributed by atoms with van der Waals surface area (Å²) in [4.78, 5) is 20.7. The third kappa shape index (κ3) is 3.71. The van der Waals surface area contributed by atoms with Crippen molar-refractivity contribution in [2.24, 2.45) is 10.9 Å². The lowest BCUT2D eigenvalue weighted by Crippen LogP contribution is -2.15. The van der Waals surface area contributed by atoms with Crippen LogP contribution in [0.15, 0.2) is 47.2 Å². The minimum Gasteiger partial charge on any atom is -0.305 e. The van der Waals surface area contributed by atoms with Gasteiger partial charge in [0.2, 0.25) is 0 Å². The molecule has 3 heterocycles. The van der Waals surface area contributed by atoms with Crippen LogP contribution in [-0.4, -0.2) is 33.3 Å². The quantitative estimate of drug-likeness (QED) is 0.891. The Morgan fingerprint density at radius 3 is 3.04 bits per heavy atom. The minimum atomic E-state index is -0.156. The predicted molar refractivity (Wildman–Crippen MR) is 90.3 cm³/mol. The summed E-state index contributed by atoms with van der Waals surface area (Å²) < 4.78 is 0. The van der Waals surface area contributed by atoms with Crippen LogP contribution in [0, 0.1) is 5.92 Å². The Labute approximate surface area is 134 Å². The number of amides is 1. The SMILES string of the molecule is CC(C)CC1=NCC(C(=O)Nc2cc(-c3cccnc3)[nH]n2)=C1. The number of rotatable bonds is 5. The van der Waals surface area contributed by atoms with E-state index < -0.39 is 0 Å². The standard InChI is InChI=1S/C17H19N5O/c1-11(2)6-14-7-13(10-19-14)17(23)20-16-8-15(21-22-16)12-4-3-5-18-9-12/h3-5,7-9,11H,6,10H2,1-2H3,(H2,20,21,22,23). The van der Waals surface area contributed by atoms with Crippen LogP contribution in [0.2, 0.25) is 0 Å². The Kier molecular flexibility index (Phi) is 4.32. The molecule has 0 bridgehead atoms. The van der Waals surface area contributed by atoms with Crippen molar-refractivity contribution in [1.29, 1.82) is 0 Å². The van der Waals surface area contributed by atoms with Gasteiger partial charge in [0.1, 0.15) is 0 Å². The summed E-state index contributed by atoms with van der Waals surface area (Å²) in [6.07, 6.45) is 6.23. The van der Waals surface area contributed by atoms with Crippen LogP contribution in [-0.2, 0) is 4.79 Å². The minimum absolute atomic E-state index is 0.156. The van der Waals surface area contributed by atoms with E-state index in [0.717, 1.165) is 23.4 Å². The van der Waals surface area contributed by atoms with Crippen LogP contribution in [0.1, 0.15) is 20.3 Å². The van der Waals surface area contributed by atoms with E-state index in [4.69, 9.17) is 0 Å². The normalized spacial score (nSPS) is 13.9. The Morgan fingerprint density at radius 2 is 2.30 bits per heavy atom. The molecule has 1 amide bonds. The molecule has 1 aliphatic rings. The molecule has 3 rings (SSSR count). The lowest BCUT2D eigenvalue weighted by atomic mass is 10.1. The molecule has 0 radical (unpaired) electrons. The van der Waals surface area contributed by atoms with Gasteiger partial charge < -0.3 is 5.32 Å². The maximum atomic E-state index is 12.3. The van der Waals surface area contributed by atoms with Crippen LogP contribution in [0.3, 0.4) is 0 Å². The summed E-state index contributed by atoms with van der Waals surface area (Å²) in [6.45, 7) is 4.71. The molecule has 23 heavy (non-hydrogen) atoms. The van der Waals surface area contributed by atoms with Gasteiger partial charge in [-0.2, -0.15) is 5.10 Å².